The molecule has 21 heavy (non-hydrogen) atoms. The van der Waals surface area contributed by atoms with Crippen molar-refractivity contribution in [2.24, 2.45) is 0 Å². The standard InChI is InChI=1S/C14H17N3O3S/c1-8-12-11(7-19-14(3,4)20-12)10(5-15-8)6-17-13(18)21-9(2)16-17/h5H,6-7H2,1-4H3. The van der Waals surface area contributed by atoms with Crippen LogP contribution in [0.3, 0.4) is 0 Å². The molecule has 0 amide bonds. The molecule has 1 aliphatic heterocycles. The lowest BCUT2D eigenvalue weighted by Gasteiger charge is -2.34. The molecule has 2 aromatic heterocycles. The van der Waals surface area contributed by atoms with E-state index in [1.165, 1.54) is 4.68 Å². The van der Waals surface area contributed by atoms with Crippen molar-refractivity contribution in [3.05, 3.63) is 37.7 Å². The van der Waals surface area contributed by atoms with Gasteiger partial charge >= 0.3 is 4.87 Å². The lowest BCUT2D eigenvalue weighted by molar-refractivity contribution is -0.180. The van der Waals surface area contributed by atoms with Crippen LogP contribution in [0.1, 0.15) is 35.7 Å². The van der Waals surface area contributed by atoms with Gasteiger partial charge in [-0.2, -0.15) is 5.10 Å². The molecule has 2 aromatic rings. The Morgan fingerprint density at radius 3 is 2.86 bits per heavy atom. The van der Waals surface area contributed by atoms with Crippen LogP contribution in [0.2, 0.25) is 0 Å². The first-order valence-electron chi connectivity index (χ1n) is 6.70. The molecular weight excluding hydrogens is 290 g/mol. The summed E-state index contributed by atoms with van der Waals surface area (Å²) in [7, 11) is 0. The van der Waals surface area contributed by atoms with Crippen LogP contribution >= 0.6 is 11.3 Å². The lowest BCUT2D eigenvalue weighted by atomic mass is 10.1. The van der Waals surface area contributed by atoms with Crippen molar-refractivity contribution in [2.45, 2.75) is 46.6 Å². The Kier molecular flexibility index (Phi) is 3.33. The molecule has 112 valence electrons. The molecule has 7 heteroatoms. The normalized spacial score (nSPS) is 16.4. The fourth-order valence-electron chi connectivity index (χ4n) is 2.30. The second kappa shape index (κ2) is 4.92. The van der Waals surface area contributed by atoms with Crippen LogP contribution in [0.15, 0.2) is 11.0 Å². The van der Waals surface area contributed by atoms with Gasteiger partial charge in [0, 0.05) is 31.2 Å². The van der Waals surface area contributed by atoms with Crippen molar-refractivity contribution in [3.63, 3.8) is 0 Å². The summed E-state index contributed by atoms with van der Waals surface area (Å²) in [6.07, 6.45) is 1.76. The van der Waals surface area contributed by atoms with E-state index >= 15 is 0 Å². The highest BCUT2D eigenvalue weighted by molar-refractivity contribution is 7.08. The maximum Gasteiger partial charge on any atom is 0.325 e. The second-order valence-electron chi connectivity index (χ2n) is 5.51. The third-order valence-corrected chi connectivity index (χ3v) is 4.11. The van der Waals surface area contributed by atoms with Crippen LogP contribution in [0, 0.1) is 13.8 Å². The summed E-state index contributed by atoms with van der Waals surface area (Å²) in [5.74, 6) is 0.0929. The van der Waals surface area contributed by atoms with Gasteiger partial charge in [0.2, 0.25) is 5.79 Å². The molecule has 0 aliphatic carbocycles. The van der Waals surface area contributed by atoms with Crippen molar-refractivity contribution >= 4 is 11.3 Å². The molecule has 3 heterocycles. The highest BCUT2D eigenvalue weighted by Gasteiger charge is 2.30. The average molecular weight is 307 g/mol. The van der Waals surface area contributed by atoms with E-state index in [0.29, 0.717) is 13.2 Å². The van der Waals surface area contributed by atoms with Crippen molar-refractivity contribution in [2.75, 3.05) is 0 Å². The molecule has 3 rings (SSSR count). The Hall–Kier alpha value is -1.73. The van der Waals surface area contributed by atoms with Gasteiger partial charge in [-0.15, -0.1) is 0 Å². The first-order chi connectivity index (χ1) is 9.85. The smallest absolute Gasteiger partial charge is 0.325 e. The van der Waals surface area contributed by atoms with E-state index in [0.717, 1.165) is 38.9 Å². The predicted molar refractivity (Wildman–Crippen MR) is 78.7 cm³/mol. The molecule has 1 aliphatic rings. The zero-order valence-corrected chi connectivity index (χ0v) is 13.3. The SMILES string of the molecule is Cc1nn(Cc2cnc(C)c3c2COC(C)(C)O3)c(=O)s1. The second-order valence-corrected chi connectivity index (χ2v) is 6.66. The molecule has 0 atom stereocenters. The minimum absolute atomic E-state index is 0.0696. The number of pyridine rings is 1. The van der Waals surface area contributed by atoms with Gasteiger partial charge in [0.1, 0.15) is 10.8 Å². The molecule has 0 unspecified atom stereocenters. The largest absolute Gasteiger partial charge is 0.461 e. The number of fused-ring (bicyclic) bond motifs is 1. The monoisotopic (exact) mass is 307 g/mol. The first kappa shape index (κ1) is 14.2. The molecule has 0 N–H and O–H groups in total. The van der Waals surface area contributed by atoms with Crippen LogP contribution < -0.4 is 9.61 Å². The molecular formula is C14H17N3O3S. The molecule has 0 spiro atoms. The summed E-state index contributed by atoms with van der Waals surface area (Å²) in [5, 5.41) is 4.97. The van der Waals surface area contributed by atoms with Gasteiger partial charge < -0.3 is 9.47 Å². The summed E-state index contributed by atoms with van der Waals surface area (Å²) in [6, 6.07) is 0. The number of hydrogen-bond donors (Lipinski definition) is 0. The lowest BCUT2D eigenvalue weighted by Crippen LogP contribution is -2.36. The van der Waals surface area contributed by atoms with Crippen molar-refractivity contribution < 1.29 is 9.47 Å². The minimum atomic E-state index is -0.661. The third kappa shape index (κ3) is 2.71. The summed E-state index contributed by atoms with van der Waals surface area (Å²) >= 11 is 1.14. The Labute approximate surface area is 126 Å². The van der Waals surface area contributed by atoms with Gasteiger partial charge in [-0.3, -0.25) is 9.78 Å². The molecule has 0 fully saturated rings. The number of aromatic nitrogens is 3. The minimum Gasteiger partial charge on any atom is -0.461 e. The summed E-state index contributed by atoms with van der Waals surface area (Å²) in [4.78, 5) is 16.1. The fraction of sp³-hybridized carbons (Fsp3) is 0.500. The summed E-state index contributed by atoms with van der Waals surface area (Å²) in [5.41, 5.74) is 2.67. The van der Waals surface area contributed by atoms with Crippen molar-refractivity contribution in [1.29, 1.82) is 0 Å². The summed E-state index contributed by atoms with van der Waals surface area (Å²) < 4.78 is 13.0. The predicted octanol–water partition coefficient (Wildman–Crippen LogP) is 2.01. The van der Waals surface area contributed by atoms with E-state index in [1.807, 2.05) is 27.7 Å². The highest BCUT2D eigenvalue weighted by atomic mass is 32.1. The molecule has 0 saturated heterocycles. The van der Waals surface area contributed by atoms with E-state index in [9.17, 15) is 4.79 Å². The zero-order chi connectivity index (χ0) is 15.2. The zero-order valence-electron chi connectivity index (χ0n) is 12.5. The number of ether oxygens (including phenoxy) is 2. The molecule has 0 bridgehead atoms. The van der Waals surface area contributed by atoms with E-state index in [-0.39, 0.29) is 4.87 Å². The Balaban J connectivity index is 2.01. The summed E-state index contributed by atoms with van der Waals surface area (Å²) in [6.45, 7) is 8.29. The molecule has 0 aromatic carbocycles. The maximum atomic E-state index is 11.8. The van der Waals surface area contributed by atoms with Crippen LogP contribution in [0.4, 0.5) is 0 Å². The van der Waals surface area contributed by atoms with Crippen LogP contribution in [-0.2, 0) is 17.9 Å². The van der Waals surface area contributed by atoms with Gasteiger partial charge in [-0.05, 0) is 13.8 Å². The number of hydrogen-bond acceptors (Lipinski definition) is 6. The van der Waals surface area contributed by atoms with E-state index in [1.54, 1.807) is 6.20 Å². The van der Waals surface area contributed by atoms with Gasteiger partial charge in [-0.25, -0.2) is 4.68 Å². The van der Waals surface area contributed by atoms with E-state index < -0.39 is 5.79 Å². The Morgan fingerprint density at radius 1 is 1.43 bits per heavy atom. The van der Waals surface area contributed by atoms with Crippen LogP contribution in [0.5, 0.6) is 5.75 Å². The van der Waals surface area contributed by atoms with Crippen molar-refractivity contribution in [3.8, 4) is 5.75 Å². The Morgan fingerprint density at radius 2 is 2.19 bits per heavy atom. The van der Waals surface area contributed by atoms with Crippen LogP contribution in [-0.4, -0.2) is 20.6 Å². The molecule has 6 nitrogen and oxygen atoms in total. The van der Waals surface area contributed by atoms with E-state index in [4.69, 9.17) is 9.47 Å². The van der Waals surface area contributed by atoms with Crippen LogP contribution in [0.25, 0.3) is 0 Å². The highest BCUT2D eigenvalue weighted by Crippen LogP contribution is 2.35. The van der Waals surface area contributed by atoms with Gasteiger partial charge in [0.25, 0.3) is 0 Å². The quantitative estimate of drug-likeness (QED) is 0.849. The van der Waals surface area contributed by atoms with Gasteiger partial charge in [-0.1, -0.05) is 11.3 Å². The Bertz CT molecular complexity index is 748. The molecule has 0 radical (unpaired) electrons. The van der Waals surface area contributed by atoms with Gasteiger partial charge in [0.05, 0.1) is 18.8 Å². The van der Waals surface area contributed by atoms with E-state index in [2.05, 4.69) is 10.1 Å². The number of rotatable bonds is 2. The third-order valence-electron chi connectivity index (χ3n) is 3.34. The first-order valence-corrected chi connectivity index (χ1v) is 7.52. The molecule has 0 saturated carbocycles. The maximum absolute atomic E-state index is 11.8. The number of aryl methyl sites for hydroxylation is 2. The van der Waals surface area contributed by atoms with Gasteiger partial charge in [0.15, 0.2) is 0 Å². The topological polar surface area (TPSA) is 66.2 Å². The fourth-order valence-corrected chi connectivity index (χ4v) is 2.90. The average Bonchev–Trinajstić information content (AvgIpc) is 2.71. The van der Waals surface area contributed by atoms with Crippen molar-refractivity contribution in [1.82, 2.24) is 14.8 Å². The number of nitrogens with zero attached hydrogens (tertiary/aromatic N) is 3.